The van der Waals surface area contributed by atoms with Crippen LogP contribution in [0.25, 0.3) is 10.9 Å². The Balaban J connectivity index is 2.70. The smallest absolute Gasteiger partial charge is 0.271 e. The molecule has 5 nitrogen and oxygen atoms in total. The number of nitrogens with zero attached hydrogens (tertiary/aromatic N) is 1. The highest BCUT2D eigenvalue weighted by atomic mass is 16.6. The molecule has 13 heavy (non-hydrogen) atoms. The van der Waals surface area contributed by atoms with Crippen molar-refractivity contribution in [3.05, 3.63) is 34.5 Å². The van der Waals surface area contributed by atoms with Crippen molar-refractivity contribution < 1.29 is 4.92 Å². The molecule has 1 heterocycles. The van der Waals surface area contributed by atoms with Crippen LogP contribution in [0.5, 0.6) is 0 Å². The lowest BCUT2D eigenvalue weighted by atomic mass is 10.2. The van der Waals surface area contributed by atoms with Gasteiger partial charge >= 0.3 is 0 Å². The predicted molar refractivity (Wildman–Crippen MR) is 49.4 cm³/mol. The average molecular weight is 177 g/mol. The molecule has 0 fully saturated rings. The van der Waals surface area contributed by atoms with Gasteiger partial charge in [0.1, 0.15) is 0 Å². The van der Waals surface area contributed by atoms with Gasteiger partial charge < -0.3 is 10.7 Å². The molecular formula is C8H7N3O2. The van der Waals surface area contributed by atoms with Gasteiger partial charge in [0.2, 0.25) is 0 Å². The minimum atomic E-state index is -0.434. The number of fused-ring (bicyclic) bond motifs is 1. The maximum atomic E-state index is 10.4. The van der Waals surface area contributed by atoms with E-state index in [1.807, 2.05) is 0 Å². The van der Waals surface area contributed by atoms with Gasteiger partial charge in [0.15, 0.2) is 0 Å². The van der Waals surface area contributed by atoms with Crippen molar-refractivity contribution in [2.45, 2.75) is 0 Å². The maximum Gasteiger partial charge on any atom is 0.271 e. The third-order valence-electron chi connectivity index (χ3n) is 1.91. The summed E-state index contributed by atoms with van der Waals surface area (Å²) in [5.41, 5.74) is 6.95. The van der Waals surface area contributed by atoms with Crippen molar-refractivity contribution in [3.8, 4) is 0 Å². The molecular weight excluding hydrogens is 170 g/mol. The second-order valence-corrected chi connectivity index (χ2v) is 2.73. The highest BCUT2D eigenvalue weighted by Gasteiger charge is 2.07. The lowest BCUT2D eigenvalue weighted by molar-refractivity contribution is -0.384. The van der Waals surface area contributed by atoms with Gasteiger partial charge in [-0.05, 0) is 6.07 Å². The summed E-state index contributed by atoms with van der Waals surface area (Å²) in [5, 5.41) is 11.2. The van der Waals surface area contributed by atoms with Crippen LogP contribution in [-0.4, -0.2) is 9.91 Å². The summed E-state index contributed by atoms with van der Waals surface area (Å²) in [7, 11) is 0. The van der Waals surface area contributed by atoms with Crippen LogP contribution >= 0.6 is 0 Å². The molecule has 0 saturated heterocycles. The number of benzene rings is 1. The Labute approximate surface area is 73.3 Å². The van der Waals surface area contributed by atoms with Gasteiger partial charge in [0.25, 0.3) is 5.69 Å². The number of nitrogens with one attached hydrogen (secondary N) is 1. The first kappa shape index (κ1) is 7.60. The Hall–Kier alpha value is -2.04. The van der Waals surface area contributed by atoms with E-state index in [1.165, 1.54) is 12.1 Å². The predicted octanol–water partition coefficient (Wildman–Crippen LogP) is 1.66. The molecule has 0 bridgehead atoms. The van der Waals surface area contributed by atoms with E-state index in [2.05, 4.69) is 4.98 Å². The van der Waals surface area contributed by atoms with E-state index in [9.17, 15) is 10.1 Å². The topological polar surface area (TPSA) is 85.0 Å². The summed E-state index contributed by atoms with van der Waals surface area (Å²) in [6, 6.07) is 4.54. The fourth-order valence-electron chi connectivity index (χ4n) is 1.25. The van der Waals surface area contributed by atoms with Crippen LogP contribution in [0.15, 0.2) is 24.4 Å². The molecule has 0 aliphatic heterocycles. The lowest BCUT2D eigenvalue weighted by Gasteiger charge is -1.92. The van der Waals surface area contributed by atoms with E-state index in [0.717, 1.165) is 5.39 Å². The summed E-state index contributed by atoms with van der Waals surface area (Å²) in [6.07, 6.45) is 1.62. The van der Waals surface area contributed by atoms with Crippen LogP contribution in [0.2, 0.25) is 0 Å². The number of aromatic amines is 1. The van der Waals surface area contributed by atoms with E-state index in [4.69, 9.17) is 5.73 Å². The van der Waals surface area contributed by atoms with Gasteiger partial charge in [-0.2, -0.15) is 0 Å². The van der Waals surface area contributed by atoms with E-state index in [-0.39, 0.29) is 5.69 Å². The van der Waals surface area contributed by atoms with E-state index < -0.39 is 4.92 Å². The van der Waals surface area contributed by atoms with Crippen LogP contribution in [0.1, 0.15) is 0 Å². The molecule has 0 unspecified atom stereocenters. The van der Waals surface area contributed by atoms with Crippen molar-refractivity contribution in [1.82, 2.24) is 4.98 Å². The number of nitro groups is 1. The van der Waals surface area contributed by atoms with Crippen molar-refractivity contribution >= 4 is 22.3 Å². The Morgan fingerprint density at radius 3 is 2.92 bits per heavy atom. The number of hydrogen-bond acceptors (Lipinski definition) is 3. The SMILES string of the molecule is Nc1c[nH]c2cc([N+](=O)[O-])ccc12. The van der Waals surface area contributed by atoms with Crippen molar-refractivity contribution in [1.29, 1.82) is 0 Å². The second kappa shape index (κ2) is 2.48. The first-order chi connectivity index (χ1) is 6.18. The maximum absolute atomic E-state index is 10.4. The molecule has 1 aromatic heterocycles. The number of nitro benzene ring substituents is 1. The monoisotopic (exact) mass is 177 g/mol. The number of hydrogen-bond donors (Lipinski definition) is 2. The Morgan fingerprint density at radius 2 is 2.23 bits per heavy atom. The van der Waals surface area contributed by atoms with Crippen molar-refractivity contribution in [2.24, 2.45) is 0 Å². The van der Waals surface area contributed by atoms with Crippen LogP contribution < -0.4 is 5.73 Å². The highest BCUT2D eigenvalue weighted by molar-refractivity contribution is 5.92. The molecule has 2 rings (SSSR count). The summed E-state index contributed by atoms with van der Waals surface area (Å²) in [4.78, 5) is 12.8. The van der Waals surface area contributed by atoms with E-state index >= 15 is 0 Å². The molecule has 0 atom stereocenters. The van der Waals surface area contributed by atoms with Gasteiger partial charge in [-0.1, -0.05) is 0 Å². The highest BCUT2D eigenvalue weighted by Crippen LogP contribution is 2.24. The van der Waals surface area contributed by atoms with Crippen LogP contribution in [-0.2, 0) is 0 Å². The van der Waals surface area contributed by atoms with Crippen LogP contribution in [0.4, 0.5) is 11.4 Å². The van der Waals surface area contributed by atoms with Crippen LogP contribution in [0.3, 0.4) is 0 Å². The fraction of sp³-hybridized carbons (Fsp3) is 0. The second-order valence-electron chi connectivity index (χ2n) is 2.73. The molecule has 66 valence electrons. The Morgan fingerprint density at radius 1 is 1.46 bits per heavy atom. The molecule has 5 heteroatoms. The minimum absolute atomic E-state index is 0.0642. The first-order valence-electron chi connectivity index (χ1n) is 3.69. The molecule has 3 N–H and O–H groups in total. The van der Waals surface area contributed by atoms with E-state index in [1.54, 1.807) is 12.3 Å². The van der Waals surface area contributed by atoms with Crippen molar-refractivity contribution in [3.63, 3.8) is 0 Å². The quantitative estimate of drug-likeness (QED) is 0.513. The van der Waals surface area contributed by atoms with Gasteiger partial charge in [0.05, 0.1) is 16.1 Å². The number of rotatable bonds is 1. The Bertz CT molecular complexity index is 475. The first-order valence-corrected chi connectivity index (χ1v) is 3.69. The zero-order valence-electron chi connectivity index (χ0n) is 6.65. The molecule has 0 saturated carbocycles. The summed E-state index contributed by atoms with van der Waals surface area (Å²) in [5.74, 6) is 0. The average Bonchev–Trinajstić information content (AvgIpc) is 2.47. The number of nitrogen functional groups attached to an aromatic ring is 1. The molecule has 1 aromatic carbocycles. The summed E-state index contributed by atoms with van der Waals surface area (Å²) >= 11 is 0. The van der Waals surface area contributed by atoms with Gasteiger partial charge in [0, 0.05) is 23.7 Å². The molecule has 0 spiro atoms. The van der Waals surface area contributed by atoms with Crippen LogP contribution in [0, 0.1) is 10.1 Å². The molecule has 0 amide bonds. The third-order valence-corrected chi connectivity index (χ3v) is 1.91. The molecule has 0 aliphatic carbocycles. The lowest BCUT2D eigenvalue weighted by Crippen LogP contribution is -1.87. The van der Waals surface area contributed by atoms with Gasteiger partial charge in [-0.15, -0.1) is 0 Å². The normalized spacial score (nSPS) is 10.5. The third kappa shape index (κ3) is 1.10. The molecule has 0 radical (unpaired) electrons. The largest absolute Gasteiger partial charge is 0.397 e. The Kier molecular flexibility index (Phi) is 1.45. The minimum Gasteiger partial charge on any atom is -0.397 e. The number of non-ortho nitro benzene ring substituents is 1. The van der Waals surface area contributed by atoms with E-state index in [0.29, 0.717) is 11.2 Å². The molecule has 0 aliphatic rings. The number of aromatic nitrogens is 1. The summed E-state index contributed by atoms with van der Waals surface area (Å²) in [6.45, 7) is 0. The van der Waals surface area contributed by atoms with Crippen molar-refractivity contribution in [2.75, 3.05) is 5.73 Å². The zero-order chi connectivity index (χ0) is 9.42. The number of H-pyrrole nitrogens is 1. The number of nitrogens with two attached hydrogens (primary N) is 1. The fourth-order valence-corrected chi connectivity index (χ4v) is 1.25. The zero-order valence-corrected chi connectivity index (χ0v) is 6.65. The molecule has 2 aromatic rings. The number of anilines is 1. The van der Waals surface area contributed by atoms with Gasteiger partial charge in [-0.3, -0.25) is 10.1 Å². The van der Waals surface area contributed by atoms with Gasteiger partial charge in [-0.25, -0.2) is 0 Å². The standard InChI is InChI=1S/C8H7N3O2/c9-7-4-10-8-3-5(11(12)13)1-2-6(7)8/h1-4,10H,9H2. The summed E-state index contributed by atoms with van der Waals surface area (Å²) < 4.78 is 0.